The Hall–Kier alpha value is -1.65. The van der Waals surface area contributed by atoms with E-state index in [9.17, 15) is 0 Å². The van der Waals surface area contributed by atoms with Gasteiger partial charge in [0.2, 0.25) is 0 Å². The Bertz CT molecular complexity index is 940. The summed E-state index contributed by atoms with van der Waals surface area (Å²) >= 11 is 5.27. The second-order valence-corrected chi connectivity index (χ2v) is 10.8. The van der Waals surface area contributed by atoms with E-state index in [0.29, 0.717) is 5.92 Å². The molecule has 0 amide bonds. The second kappa shape index (κ2) is 8.79. The number of benzene rings is 2. The fourth-order valence-corrected chi connectivity index (χ4v) is 4.56. The van der Waals surface area contributed by atoms with Gasteiger partial charge in [-0.15, -0.1) is 11.3 Å². The monoisotopic (exact) mass is 457 g/mol. The summed E-state index contributed by atoms with van der Waals surface area (Å²) in [5, 5.41) is 0. The summed E-state index contributed by atoms with van der Waals surface area (Å²) in [5.41, 5.74) is 4.97. The predicted octanol–water partition coefficient (Wildman–Crippen LogP) is 8.18. The Morgan fingerprint density at radius 2 is 1.82 bits per heavy atom. The zero-order valence-corrected chi connectivity index (χ0v) is 19.7. The van der Waals surface area contributed by atoms with Crippen LogP contribution in [0.3, 0.4) is 0 Å². The van der Waals surface area contributed by atoms with E-state index in [1.807, 2.05) is 6.07 Å². The third-order valence-electron chi connectivity index (χ3n) is 4.66. The first-order valence-electron chi connectivity index (χ1n) is 9.73. The van der Waals surface area contributed by atoms with Crippen molar-refractivity contribution in [1.82, 2.24) is 4.98 Å². The average molecular weight is 458 g/mol. The average Bonchev–Trinajstić information content (AvgIpc) is 3.02. The summed E-state index contributed by atoms with van der Waals surface area (Å²) in [4.78, 5) is 5.99. The van der Waals surface area contributed by atoms with E-state index in [-0.39, 0.29) is 5.41 Å². The van der Waals surface area contributed by atoms with Gasteiger partial charge in [-0.25, -0.2) is 4.98 Å². The van der Waals surface area contributed by atoms with Crippen LogP contribution in [0.5, 0.6) is 5.75 Å². The number of ether oxygens (including phenoxy) is 1. The van der Waals surface area contributed by atoms with Crippen LogP contribution in [0, 0.1) is 5.41 Å². The normalized spacial score (nSPS) is 11.8. The van der Waals surface area contributed by atoms with Crippen molar-refractivity contribution in [2.75, 3.05) is 6.61 Å². The highest BCUT2D eigenvalue weighted by atomic mass is 79.9. The minimum Gasteiger partial charge on any atom is -0.494 e. The molecule has 0 aliphatic carbocycles. The minimum absolute atomic E-state index is 0.272. The van der Waals surface area contributed by atoms with E-state index < -0.39 is 0 Å². The van der Waals surface area contributed by atoms with E-state index in [2.05, 4.69) is 93.0 Å². The van der Waals surface area contributed by atoms with Crippen molar-refractivity contribution in [1.29, 1.82) is 0 Å². The summed E-state index contributed by atoms with van der Waals surface area (Å²) in [7, 11) is 0. The summed E-state index contributed by atoms with van der Waals surface area (Å²) in [6.45, 7) is 11.9. The molecule has 2 aromatic carbocycles. The van der Waals surface area contributed by atoms with Crippen LogP contribution in [0.4, 0.5) is 0 Å². The molecule has 4 heteroatoms. The lowest BCUT2D eigenvalue weighted by Gasteiger charge is -2.18. The van der Waals surface area contributed by atoms with Gasteiger partial charge in [0, 0.05) is 5.56 Å². The molecule has 0 saturated carbocycles. The maximum absolute atomic E-state index is 6.03. The SMILES string of the molecule is CC(C)c1ccccc1-c1nc(Br)sc1-c1cccc(OCCC(C)(C)C)c1. The Kier molecular flexibility index (Phi) is 6.61. The van der Waals surface area contributed by atoms with Crippen molar-refractivity contribution in [3.8, 4) is 27.4 Å². The molecule has 2 nitrogen and oxygen atoms in total. The molecule has 0 aliphatic heterocycles. The molecule has 0 fully saturated rings. The zero-order chi connectivity index (χ0) is 20.3. The Morgan fingerprint density at radius 1 is 1.07 bits per heavy atom. The van der Waals surface area contributed by atoms with Gasteiger partial charge in [-0.1, -0.05) is 71.0 Å². The standard InChI is InChI=1S/C24H28BrNOS/c1-16(2)19-11-6-7-12-20(19)21-22(28-23(25)26-21)17-9-8-10-18(15-17)27-14-13-24(3,4)5/h6-12,15-16H,13-14H2,1-5H3. The third-order valence-corrected chi connectivity index (χ3v) is 6.21. The number of nitrogens with zero attached hydrogens (tertiary/aromatic N) is 1. The van der Waals surface area contributed by atoms with Crippen LogP contribution in [0.25, 0.3) is 21.7 Å². The van der Waals surface area contributed by atoms with E-state index in [0.717, 1.165) is 34.0 Å². The summed E-state index contributed by atoms with van der Waals surface area (Å²) in [5.74, 6) is 1.35. The van der Waals surface area contributed by atoms with Crippen molar-refractivity contribution in [2.45, 2.75) is 47.0 Å². The van der Waals surface area contributed by atoms with Crippen LogP contribution in [0.2, 0.25) is 0 Å². The molecule has 1 heterocycles. The van der Waals surface area contributed by atoms with Crippen molar-refractivity contribution in [3.63, 3.8) is 0 Å². The van der Waals surface area contributed by atoms with Crippen LogP contribution < -0.4 is 4.74 Å². The number of thiazole rings is 1. The summed E-state index contributed by atoms with van der Waals surface area (Å²) < 4.78 is 6.93. The molecule has 1 aromatic heterocycles. The maximum Gasteiger partial charge on any atom is 0.160 e. The third kappa shape index (κ3) is 5.24. The highest BCUT2D eigenvalue weighted by Gasteiger charge is 2.18. The van der Waals surface area contributed by atoms with Crippen LogP contribution >= 0.6 is 27.3 Å². The molecule has 3 aromatic rings. The zero-order valence-electron chi connectivity index (χ0n) is 17.3. The highest BCUT2D eigenvalue weighted by Crippen LogP contribution is 2.42. The largest absolute Gasteiger partial charge is 0.494 e. The maximum atomic E-state index is 6.03. The van der Waals surface area contributed by atoms with E-state index >= 15 is 0 Å². The summed E-state index contributed by atoms with van der Waals surface area (Å²) in [6.07, 6.45) is 1.02. The van der Waals surface area contributed by atoms with Gasteiger partial charge >= 0.3 is 0 Å². The molecule has 0 bridgehead atoms. The molecule has 0 radical (unpaired) electrons. The van der Waals surface area contributed by atoms with Gasteiger partial charge in [0.15, 0.2) is 3.92 Å². The summed E-state index contributed by atoms with van der Waals surface area (Å²) in [6, 6.07) is 16.9. The van der Waals surface area contributed by atoms with Gasteiger partial charge in [0.1, 0.15) is 5.75 Å². The van der Waals surface area contributed by atoms with Gasteiger partial charge in [-0.2, -0.15) is 0 Å². The van der Waals surface area contributed by atoms with E-state index in [4.69, 9.17) is 9.72 Å². The molecule has 28 heavy (non-hydrogen) atoms. The molecule has 148 valence electrons. The smallest absolute Gasteiger partial charge is 0.160 e. The number of rotatable bonds is 6. The first-order valence-corrected chi connectivity index (χ1v) is 11.3. The highest BCUT2D eigenvalue weighted by molar-refractivity contribution is 9.11. The number of aromatic nitrogens is 1. The van der Waals surface area contributed by atoms with E-state index in [1.165, 1.54) is 16.0 Å². The molecule has 3 rings (SSSR count). The van der Waals surface area contributed by atoms with Crippen molar-refractivity contribution >= 4 is 27.3 Å². The van der Waals surface area contributed by atoms with Crippen molar-refractivity contribution < 1.29 is 4.74 Å². The topological polar surface area (TPSA) is 22.1 Å². The molecule has 0 aliphatic rings. The van der Waals surface area contributed by atoms with Crippen LogP contribution in [0.15, 0.2) is 52.4 Å². The molecule has 0 unspecified atom stereocenters. The van der Waals surface area contributed by atoms with Crippen LogP contribution in [0.1, 0.15) is 52.5 Å². The first-order chi connectivity index (χ1) is 13.2. The quantitative estimate of drug-likeness (QED) is 0.372. The second-order valence-electron chi connectivity index (χ2n) is 8.57. The predicted molar refractivity (Wildman–Crippen MR) is 124 cm³/mol. The van der Waals surface area contributed by atoms with Crippen molar-refractivity contribution in [3.05, 3.63) is 58.0 Å². The van der Waals surface area contributed by atoms with Crippen LogP contribution in [-0.2, 0) is 0 Å². The number of hydrogen-bond acceptors (Lipinski definition) is 3. The van der Waals surface area contributed by atoms with Gasteiger partial charge in [0.25, 0.3) is 0 Å². The lowest BCUT2D eigenvalue weighted by molar-refractivity contribution is 0.243. The lowest BCUT2D eigenvalue weighted by atomic mass is 9.93. The van der Waals surface area contributed by atoms with Gasteiger partial charge < -0.3 is 4.74 Å². The van der Waals surface area contributed by atoms with Gasteiger partial charge in [-0.05, 0) is 56.9 Å². The van der Waals surface area contributed by atoms with Crippen LogP contribution in [-0.4, -0.2) is 11.6 Å². The van der Waals surface area contributed by atoms with Gasteiger partial charge in [-0.3, -0.25) is 0 Å². The number of halogens is 1. The first kappa shape index (κ1) is 21.1. The molecule has 0 spiro atoms. The fourth-order valence-electron chi connectivity index (χ4n) is 3.09. The Balaban J connectivity index is 1.95. The Morgan fingerprint density at radius 3 is 2.54 bits per heavy atom. The number of hydrogen-bond donors (Lipinski definition) is 0. The van der Waals surface area contributed by atoms with Crippen molar-refractivity contribution in [2.24, 2.45) is 5.41 Å². The molecular formula is C24H28BrNOS. The molecule has 0 atom stereocenters. The minimum atomic E-state index is 0.272. The molecule has 0 N–H and O–H groups in total. The van der Waals surface area contributed by atoms with E-state index in [1.54, 1.807) is 11.3 Å². The molecular weight excluding hydrogens is 430 g/mol. The fraction of sp³-hybridized carbons (Fsp3) is 0.375. The van der Waals surface area contributed by atoms with Gasteiger partial charge in [0.05, 0.1) is 17.2 Å². The Labute approximate surface area is 181 Å². The lowest BCUT2D eigenvalue weighted by Crippen LogP contribution is -2.11. The molecule has 0 saturated heterocycles.